The van der Waals surface area contributed by atoms with Crippen molar-refractivity contribution in [3.63, 3.8) is 0 Å². The average Bonchev–Trinajstić information content (AvgIpc) is 2.49. The minimum Gasteiger partial charge on any atom is -0.396 e. The Morgan fingerprint density at radius 2 is 2.10 bits per heavy atom. The minimum absolute atomic E-state index is 0.0762. The number of amides is 1. The fraction of sp³-hybridized carbons (Fsp3) is 0.562. The monoisotopic (exact) mass is 276 g/mol. The number of benzene rings is 1. The first-order valence-corrected chi connectivity index (χ1v) is 7.51. The number of nitrogens with one attached hydrogen (secondary N) is 2. The fourth-order valence-electron chi connectivity index (χ4n) is 2.58. The normalized spacial score (nSPS) is 18.8. The van der Waals surface area contributed by atoms with Crippen molar-refractivity contribution in [2.24, 2.45) is 0 Å². The van der Waals surface area contributed by atoms with Crippen LogP contribution in [0.3, 0.4) is 0 Å². The van der Waals surface area contributed by atoms with E-state index in [1.165, 1.54) is 19.3 Å². The van der Waals surface area contributed by atoms with Crippen LogP contribution < -0.4 is 10.6 Å². The molecule has 1 aromatic carbocycles. The molecule has 0 aliphatic carbocycles. The minimum atomic E-state index is 0.0762. The van der Waals surface area contributed by atoms with Gasteiger partial charge >= 0.3 is 0 Å². The Morgan fingerprint density at radius 1 is 1.30 bits per heavy atom. The Balaban J connectivity index is 1.73. The molecule has 1 aliphatic rings. The van der Waals surface area contributed by atoms with Crippen LogP contribution in [0, 0.1) is 0 Å². The van der Waals surface area contributed by atoms with Gasteiger partial charge in [0.1, 0.15) is 0 Å². The molecule has 110 valence electrons. The molecule has 4 nitrogen and oxygen atoms in total. The summed E-state index contributed by atoms with van der Waals surface area (Å²) in [4.78, 5) is 11.9. The first kappa shape index (κ1) is 15.0. The van der Waals surface area contributed by atoms with E-state index in [1.807, 2.05) is 24.3 Å². The van der Waals surface area contributed by atoms with Crippen molar-refractivity contribution < 1.29 is 9.90 Å². The number of carbonyl (C=O) groups is 1. The van der Waals surface area contributed by atoms with Gasteiger partial charge in [-0.25, -0.2) is 0 Å². The van der Waals surface area contributed by atoms with Gasteiger partial charge in [-0.1, -0.05) is 18.6 Å². The fourth-order valence-corrected chi connectivity index (χ4v) is 2.58. The number of piperidine rings is 1. The summed E-state index contributed by atoms with van der Waals surface area (Å²) in [6, 6.07) is 8.16. The van der Waals surface area contributed by atoms with Crippen molar-refractivity contribution in [1.82, 2.24) is 5.32 Å². The molecule has 1 unspecified atom stereocenters. The van der Waals surface area contributed by atoms with Gasteiger partial charge in [-0.05, 0) is 49.9 Å². The lowest BCUT2D eigenvalue weighted by Crippen LogP contribution is -2.34. The van der Waals surface area contributed by atoms with Crippen molar-refractivity contribution in [3.8, 4) is 0 Å². The molecular formula is C16H24N2O2. The van der Waals surface area contributed by atoms with Crippen LogP contribution >= 0.6 is 0 Å². The topological polar surface area (TPSA) is 61.4 Å². The van der Waals surface area contributed by atoms with Crippen LogP contribution in [0.2, 0.25) is 0 Å². The molecule has 3 N–H and O–H groups in total. The van der Waals surface area contributed by atoms with E-state index in [4.69, 9.17) is 5.11 Å². The van der Waals surface area contributed by atoms with Crippen LogP contribution in [0.15, 0.2) is 24.3 Å². The summed E-state index contributed by atoms with van der Waals surface area (Å²) in [5, 5.41) is 15.2. The third kappa shape index (κ3) is 4.94. The average molecular weight is 276 g/mol. The van der Waals surface area contributed by atoms with Crippen LogP contribution in [0.4, 0.5) is 5.69 Å². The summed E-state index contributed by atoms with van der Waals surface area (Å²) >= 11 is 0. The van der Waals surface area contributed by atoms with Crippen molar-refractivity contribution in [2.45, 2.75) is 44.6 Å². The lowest BCUT2D eigenvalue weighted by molar-refractivity contribution is -0.116. The van der Waals surface area contributed by atoms with Gasteiger partial charge in [-0.15, -0.1) is 0 Å². The van der Waals surface area contributed by atoms with Gasteiger partial charge in [-0.3, -0.25) is 4.79 Å². The van der Waals surface area contributed by atoms with Gasteiger partial charge in [0.2, 0.25) is 5.91 Å². The predicted octanol–water partition coefficient (Wildman–Crippen LogP) is 2.08. The maximum absolute atomic E-state index is 11.9. The van der Waals surface area contributed by atoms with Gasteiger partial charge in [0.05, 0.1) is 0 Å². The molecule has 1 aromatic rings. The molecule has 1 atom stereocenters. The lowest BCUT2D eigenvalue weighted by atomic mass is 10.0. The molecule has 1 saturated heterocycles. The first-order chi connectivity index (χ1) is 9.78. The zero-order chi connectivity index (χ0) is 14.2. The Hall–Kier alpha value is -1.39. The second-order valence-corrected chi connectivity index (χ2v) is 5.40. The molecule has 0 bridgehead atoms. The van der Waals surface area contributed by atoms with E-state index in [0.717, 1.165) is 24.2 Å². The quantitative estimate of drug-likeness (QED) is 0.745. The Kier molecular flexibility index (Phi) is 6.02. The largest absolute Gasteiger partial charge is 0.396 e. The Labute approximate surface area is 120 Å². The molecule has 2 rings (SSSR count). The molecular weight excluding hydrogens is 252 g/mol. The summed E-state index contributed by atoms with van der Waals surface area (Å²) in [7, 11) is 0. The maximum atomic E-state index is 11.9. The summed E-state index contributed by atoms with van der Waals surface area (Å²) in [5.74, 6) is 0.0762. The Bertz CT molecular complexity index is 411. The highest BCUT2D eigenvalue weighted by molar-refractivity contribution is 5.90. The molecule has 1 heterocycles. The third-order valence-corrected chi connectivity index (χ3v) is 3.77. The first-order valence-electron chi connectivity index (χ1n) is 7.51. The molecule has 4 heteroatoms. The highest BCUT2D eigenvalue weighted by Gasteiger charge is 2.13. The molecule has 0 spiro atoms. The number of carbonyl (C=O) groups excluding carboxylic acids is 1. The van der Waals surface area contributed by atoms with E-state index in [2.05, 4.69) is 10.6 Å². The maximum Gasteiger partial charge on any atom is 0.224 e. The second-order valence-electron chi connectivity index (χ2n) is 5.40. The van der Waals surface area contributed by atoms with Crippen LogP contribution in [-0.2, 0) is 11.2 Å². The van der Waals surface area contributed by atoms with E-state index in [-0.39, 0.29) is 12.5 Å². The second kappa shape index (κ2) is 8.02. The summed E-state index contributed by atoms with van der Waals surface area (Å²) in [6.07, 6.45) is 5.84. The van der Waals surface area contributed by atoms with Crippen LogP contribution in [0.5, 0.6) is 0 Å². The molecule has 1 aliphatic heterocycles. The van der Waals surface area contributed by atoms with Gasteiger partial charge in [0, 0.05) is 24.8 Å². The van der Waals surface area contributed by atoms with Crippen molar-refractivity contribution >= 4 is 11.6 Å². The number of anilines is 1. The van der Waals surface area contributed by atoms with E-state index < -0.39 is 0 Å². The van der Waals surface area contributed by atoms with Crippen LogP contribution in [-0.4, -0.2) is 30.2 Å². The smallest absolute Gasteiger partial charge is 0.224 e. The standard InChI is InChI=1S/C16H24N2O2/c19-12-10-13-4-6-15(7-5-13)18-16(20)9-8-14-3-1-2-11-17-14/h4-7,14,17,19H,1-3,8-12H2,(H,18,20). The molecule has 1 fully saturated rings. The van der Waals surface area contributed by atoms with E-state index in [9.17, 15) is 4.79 Å². The Morgan fingerprint density at radius 3 is 2.75 bits per heavy atom. The predicted molar refractivity (Wildman–Crippen MR) is 80.7 cm³/mol. The van der Waals surface area contributed by atoms with Crippen LogP contribution in [0.25, 0.3) is 0 Å². The number of hydrogen-bond acceptors (Lipinski definition) is 3. The van der Waals surface area contributed by atoms with Crippen molar-refractivity contribution in [3.05, 3.63) is 29.8 Å². The SMILES string of the molecule is O=C(CCC1CCCCN1)Nc1ccc(CCO)cc1. The highest BCUT2D eigenvalue weighted by atomic mass is 16.2. The summed E-state index contributed by atoms with van der Waals surface area (Å²) in [5.41, 5.74) is 1.91. The molecule has 1 amide bonds. The van der Waals surface area contributed by atoms with Crippen LogP contribution in [0.1, 0.15) is 37.7 Å². The van der Waals surface area contributed by atoms with Crippen molar-refractivity contribution in [1.29, 1.82) is 0 Å². The number of aliphatic hydroxyl groups excluding tert-OH is 1. The highest BCUT2D eigenvalue weighted by Crippen LogP contribution is 2.14. The zero-order valence-corrected chi connectivity index (χ0v) is 11.9. The zero-order valence-electron chi connectivity index (χ0n) is 11.9. The molecule has 0 aromatic heterocycles. The van der Waals surface area contributed by atoms with Gasteiger partial charge in [-0.2, -0.15) is 0 Å². The third-order valence-electron chi connectivity index (χ3n) is 3.77. The number of rotatable bonds is 6. The van der Waals surface area contributed by atoms with E-state index >= 15 is 0 Å². The molecule has 0 saturated carbocycles. The van der Waals surface area contributed by atoms with E-state index in [0.29, 0.717) is 18.9 Å². The lowest BCUT2D eigenvalue weighted by Gasteiger charge is -2.23. The summed E-state index contributed by atoms with van der Waals surface area (Å²) < 4.78 is 0. The molecule has 20 heavy (non-hydrogen) atoms. The van der Waals surface area contributed by atoms with Gasteiger partial charge in [0.25, 0.3) is 0 Å². The van der Waals surface area contributed by atoms with Crippen molar-refractivity contribution in [2.75, 3.05) is 18.5 Å². The number of hydrogen-bond donors (Lipinski definition) is 3. The van der Waals surface area contributed by atoms with E-state index in [1.54, 1.807) is 0 Å². The van der Waals surface area contributed by atoms with Gasteiger partial charge in [0.15, 0.2) is 0 Å². The van der Waals surface area contributed by atoms with Gasteiger partial charge < -0.3 is 15.7 Å². The number of aliphatic hydroxyl groups is 1. The summed E-state index contributed by atoms with van der Waals surface area (Å²) in [6.45, 7) is 1.23. The molecule has 0 radical (unpaired) electrons.